The minimum absolute atomic E-state index is 0.132. The number of hydrogen-bond donors (Lipinski definition) is 2. The van der Waals surface area contributed by atoms with Crippen molar-refractivity contribution in [1.29, 1.82) is 0 Å². The van der Waals surface area contributed by atoms with Crippen LogP contribution in [0.5, 0.6) is 5.75 Å². The molecule has 0 bridgehead atoms. The summed E-state index contributed by atoms with van der Waals surface area (Å²) in [5, 5.41) is 8.70. The van der Waals surface area contributed by atoms with E-state index in [1.165, 1.54) is 7.11 Å². The number of carboxylic acids is 1. The number of ether oxygens (including phenoxy) is 1. The second kappa shape index (κ2) is 5.14. The normalized spacial score (nSPS) is 12.3. The van der Waals surface area contributed by atoms with Crippen LogP contribution < -0.4 is 10.5 Å². The highest BCUT2D eigenvalue weighted by molar-refractivity contribution is 5.68. The molecule has 1 rings (SSSR count). The maximum atomic E-state index is 14.0. The van der Waals surface area contributed by atoms with Crippen molar-refractivity contribution >= 4 is 5.97 Å². The Hall–Kier alpha value is -1.62. The van der Waals surface area contributed by atoms with Gasteiger partial charge in [-0.1, -0.05) is 0 Å². The SMILES string of the molecule is COc1c(C)cc(C)c(F)c1C(N)CC(=O)O. The average molecular weight is 241 g/mol. The molecular weight excluding hydrogens is 225 g/mol. The predicted molar refractivity (Wildman–Crippen MR) is 61.6 cm³/mol. The van der Waals surface area contributed by atoms with Crippen molar-refractivity contribution in [3.05, 3.63) is 28.6 Å². The topological polar surface area (TPSA) is 72.5 Å². The van der Waals surface area contributed by atoms with Gasteiger partial charge in [0.2, 0.25) is 0 Å². The summed E-state index contributed by atoms with van der Waals surface area (Å²) in [6, 6.07) is 0.728. The van der Waals surface area contributed by atoms with Crippen LogP contribution in [0.15, 0.2) is 6.07 Å². The zero-order chi connectivity index (χ0) is 13.2. The van der Waals surface area contributed by atoms with Gasteiger partial charge in [-0.25, -0.2) is 4.39 Å². The average Bonchev–Trinajstić information content (AvgIpc) is 2.21. The van der Waals surface area contributed by atoms with Gasteiger partial charge >= 0.3 is 5.97 Å². The minimum atomic E-state index is -1.07. The van der Waals surface area contributed by atoms with Crippen LogP contribution in [0.25, 0.3) is 0 Å². The van der Waals surface area contributed by atoms with Crippen molar-refractivity contribution in [1.82, 2.24) is 0 Å². The molecule has 0 saturated heterocycles. The molecule has 94 valence electrons. The maximum Gasteiger partial charge on any atom is 0.305 e. The molecular formula is C12H16FNO3. The Bertz CT molecular complexity index is 446. The summed E-state index contributed by atoms with van der Waals surface area (Å²) in [6.07, 6.45) is -0.337. The van der Waals surface area contributed by atoms with Gasteiger partial charge in [-0.15, -0.1) is 0 Å². The van der Waals surface area contributed by atoms with Crippen molar-refractivity contribution in [2.45, 2.75) is 26.3 Å². The fraction of sp³-hybridized carbons (Fsp3) is 0.417. The second-order valence-corrected chi connectivity index (χ2v) is 3.98. The molecule has 4 nitrogen and oxygen atoms in total. The molecule has 0 aliphatic carbocycles. The number of halogens is 1. The highest BCUT2D eigenvalue weighted by atomic mass is 19.1. The molecule has 1 atom stereocenters. The van der Waals surface area contributed by atoms with Crippen LogP contribution >= 0.6 is 0 Å². The van der Waals surface area contributed by atoms with Crippen LogP contribution in [-0.4, -0.2) is 18.2 Å². The van der Waals surface area contributed by atoms with E-state index in [-0.39, 0.29) is 12.0 Å². The van der Waals surface area contributed by atoms with Crippen LogP contribution in [0.1, 0.15) is 29.2 Å². The number of aryl methyl sites for hydroxylation is 2. The van der Waals surface area contributed by atoms with Crippen molar-refractivity contribution < 1.29 is 19.0 Å². The molecule has 1 unspecified atom stereocenters. The summed E-state index contributed by atoms with van der Waals surface area (Å²) < 4.78 is 19.1. The summed E-state index contributed by atoms with van der Waals surface area (Å²) in [7, 11) is 1.41. The lowest BCUT2D eigenvalue weighted by atomic mass is 9.97. The van der Waals surface area contributed by atoms with Gasteiger partial charge < -0.3 is 15.6 Å². The third-order valence-corrected chi connectivity index (χ3v) is 2.59. The summed E-state index contributed by atoms with van der Waals surface area (Å²) in [5.41, 5.74) is 7.01. The lowest BCUT2D eigenvalue weighted by Gasteiger charge is -2.18. The van der Waals surface area contributed by atoms with E-state index < -0.39 is 17.8 Å². The van der Waals surface area contributed by atoms with E-state index >= 15 is 0 Å². The number of methoxy groups -OCH3 is 1. The number of benzene rings is 1. The Balaban J connectivity index is 3.33. The molecule has 0 spiro atoms. The van der Waals surface area contributed by atoms with Gasteiger partial charge in [-0.05, 0) is 31.0 Å². The Labute approximate surface area is 99.2 Å². The molecule has 1 aromatic rings. The number of carbonyl (C=O) groups is 1. The van der Waals surface area contributed by atoms with Gasteiger partial charge in [-0.3, -0.25) is 4.79 Å². The molecule has 0 radical (unpaired) electrons. The third-order valence-electron chi connectivity index (χ3n) is 2.59. The molecule has 0 heterocycles. The van der Waals surface area contributed by atoms with Crippen molar-refractivity contribution in [2.24, 2.45) is 5.73 Å². The van der Waals surface area contributed by atoms with Crippen LogP contribution in [0.2, 0.25) is 0 Å². The van der Waals surface area contributed by atoms with Crippen LogP contribution in [0.3, 0.4) is 0 Å². The number of nitrogens with two attached hydrogens (primary N) is 1. The molecule has 17 heavy (non-hydrogen) atoms. The van der Waals surface area contributed by atoms with Crippen LogP contribution in [0.4, 0.5) is 4.39 Å². The predicted octanol–water partition coefficient (Wildman–Crippen LogP) is 1.93. The number of rotatable bonds is 4. The summed E-state index contributed by atoms with van der Waals surface area (Å²) in [5.74, 6) is -1.25. The summed E-state index contributed by atoms with van der Waals surface area (Å²) in [6.45, 7) is 3.38. The zero-order valence-corrected chi connectivity index (χ0v) is 10.1. The molecule has 0 saturated carbocycles. The van der Waals surface area contributed by atoms with Gasteiger partial charge in [0.05, 0.1) is 13.5 Å². The molecule has 0 fully saturated rings. The van der Waals surface area contributed by atoms with Crippen molar-refractivity contribution in [2.75, 3.05) is 7.11 Å². The lowest BCUT2D eigenvalue weighted by Crippen LogP contribution is -2.18. The molecule has 0 aliphatic heterocycles. The van der Waals surface area contributed by atoms with Crippen LogP contribution in [0, 0.1) is 19.7 Å². The van der Waals surface area contributed by atoms with E-state index in [4.69, 9.17) is 15.6 Å². The fourth-order valence-corrected chi connectivity index (χ4v) is 1.87. The smallest absolute Gasteiger partial charge is 0.305 e. The second-order valence-electron chi connectivity index (χ2n) is 3.98. The molecule has 0 aliphatic rings. The first kappa shape index (κ1) is 13.4. The van der Waals surface area contributed by atoms with E-state index in [1.54, 1.807) is 19.9 Å². The first-order chi connectivity index (χ1) is 7.88. The molecule has 0 aromatic heterocycles. The Morgan fingerprint density at radius 3 is 2.59 bits per heavy atom. The molecule has 5 heteroatoms. The fourth-order valence-electron chi connectivity index (χ4n) is 1.87. The molecule has 0 amide bonds. The van der Waals surface area contributed by atoms with Gasteiger partial charge in [0.1, 0.15) is 11.6 Å². The zero-order valence-electron chi connectivity index (χ0n) is 10.1. The number of hydrogen-bond acceptors (Lipinski definition) is 3. The summed E-state index contributed by atoms with van der Waals surface area (Å²) in [4.78, 5) is 10.6. The minimum Gasteiger partial charge on any atom is -0.496 e. The van der Waals surface area contributed by atoms with E-state index in [0.29, 0.717) is 11.3 Å². The monoisotopic (exact) mass is 241 g/mol. The van der Waals surface area contributed by atoms with E-state index in [0.717, 1.165) is 5.56 Å². The van der Waals surface area contributed by atoms with E-state index in [1.807, 2.05) is 0 Å². The third kappa shape index (κ3) is 2.74. The Morgan fingerprint density at radius 2 is 2.12 bits per heavy atom. The largest absolute Gasteiger partial charge is 0.496 e. The van der Waals surface area contributed by atoms with Gasteiger partial charge in [0.15, 0.2) is 0 Å². The summed E-state index contributed by atoms with van der Waals surface area (Å²) >= 11 is 0. The van der Waals surface area contributed by atoms with Crippen molar-refractivity contribution in [3.63, 3.8) is 0 Å². The first-order valence-corrected chi connectivity index (χ1v) is 5.19. The standard InChI is InChI=1S/C12H16FNO3/c1-6-4-7(2)12(17-3)10(11(6)13)8(14)5-9(15)16/h4,8H,5,14H2,1-3H3,(H,15,16). The van der Waals surface area contributed by atoms with Crippen molar-refractivity contribution in [3.8, 4) is 5.75 Å². The molecule has 1 aromatic carbocycles. The quantitative estimate of drug-likeness (QED) is 0.844. The Kier molecular flexibility index (Phi) is 4.07. The van der Waals surface area contributed by atoms with Gasteiger partial charge in [0.25, 0.3) is 0 Å². The highest BCUT2D eigenvalue weighted by Crippen LogP contribution is 2.33. The molecule has 3 N–H and O–H groups in total. The van der Waals surface area contributed by atoms with Gasteiger partial charge in [0, 0.05) is 11.6 Å². The lowest BCUT2D eigenvalue weighted by molar-refractivity contribution is -0.137. The Morgan fingerprint density at radius 1 is 1.53 bits per heavy atom. The van der Waals surface area contributed by atoms with Crippen LogP contribution in [-0.2, 0) is 4.79 Å². The first-order valence-electron chi connectivity index (χ1n) is 5.19. The van der Waals surface area contributed by atoms with Gasteiger partial charge in [-0.2, -0.15) is 0 Å². The van der Waals surface area contributed by atoms with E-state index in [2.05, 4.69) is 0 Å². The number of carboxylic acid groups (broad SMARTS) is 1. The highest BCUT2D eigenvalue weighted by Gasteiger charge is 2.22. The number of aliphatic carboxylic acids is 1. The maximum absolute atomic E-state index is 14.0. The van der Waals surface area contributed by atoms with E-state index in [9.17, 15) is 9.18 Å².